The second-order valence-electron chi connectivity index (χ2n) is 13.5. The number of hydrogen-bond acceptors (Lipinski definition) is 9. The first-order chi connectivity index (χ1) is 23.1. The standard InChI is InChI=1S/C38H43N3O8/c1-37(2,3)48-35(45)41(36(46)49-38(4,5)6)33-30-20-19-29(23-28(30)21-22-39-33)40-32(34(43)44)27-17-15-25(16-18-27)13-10-14-31(42)47-24-26-11-8-7-9-12-26/h7-9,11-12,15-23,32,40H,10,13-14,24H2,1-6H3,(H,43,44). The van der Waals surface area contributed by atoms with Crippen molar-refractivity contribution in [2.45, 2.75) is 84.7 Å². The predicted octanol–water partition coefficient (Wildman–Crippen LogP) is 8.22. The van der Waals surface area contributed by atoms with Crippen molar-refractivity contribution in [2.75, 3.05) is 10.2 Å². The van der Waals surface area contributed by atoms with Crippen molar-refractivity contribution in [3.63, 3.8) is 0 Å². The van der Waals surface area contributed by atoms with Crippen molar-refractivity contribution in [3.8, 4) is 0 Å². The molecule has 0 aliphatic heterocycles. The molecule has 0 saturated heterocycles. The SMILES string of the molecule is CC(C)(C)OC(=O)N(C(=O)OC(C)(C)C)c1nccc2cc(NC(C(=O)O)c3ccc(CCCC(=O)OCc4ccccc4)cc3)ccc12. The monoisotopic (exact) mass is 669 g/mol. The Kier molecular flexibility index (Phi) is 11.6. The predicted molar refractivity (Wildman–Crippen MR) is 186 cm³/mol. The van der Waals surface area contributed by atoms with Crippen LogP contribution in [0.3, 0.4) is 0 Å². The molecule has 0 radical (unpaired) electrons. The average molecular weight is 670 g/mol. The van der Waals surface area contributed by atoms with E-state index in [-0.39, 0.29) is 24.8 Å². The van der Waals surface area contributed by atoms with Crippen LogP contribution in [0.2, 0.25) is 0 Å². The maximum Gasteiger partial charge on any atom is 0.425 e. The van der Waals surface area contributed by atoms with E-state index in [1.165, 1.54) is 6.20 Å². The molecule has 1 unspecified atom stereocenters. The Balaban J connectivity index is 1.46. The largest absolute Gasteiger partial charge is 0.479 e. The molecular formula is C38H43N3O8. The van der Waals surface area contributed by atoms with Crippen LogP contribution in [-0.2, 0) is 36.8 Å². The molecule has 0 bridgehead atoms. The molecule has 258 valence electrons. The third-order valence-electron chi connectivity index (χ3n) is 7.07. The van der Waals surface area contributed by atoms with Gasteiger partial charge in [-0.05, 0) is 101 Å². The molecule has 49 heavy (non-hydrogen) atoms. The van der Waals surface area contributed by atoms with Gasteiger partial charge in [0.2, 0.25) is 0 Å². The molecule has 2 N–H and O–H groups in total. The summed E-state index contributed by atoms with van der Waals surface area (Å²) in [5.74, 6) is -1.33. The van der Waals surface area contributed by atoms with Gasteiger partial charge in [0.25, 0.3) is 0 Å². The van der Waals surface area contributed by atoms with Gasteiger partial charge >= 0.3 is 24.1 Å². The van der Waals surface area contributed by atoms with Crippen LogP contribution in [0.1, 0.15) is 77.1 Å². The molecule has 0 spiro atoms. The summed E-state index contributed by atoms with van der Waals surface area (Å²) in [5.41, 5.74) is 1.15. The first-order valence-corrected chi connectivity index (χ1v) is 16.0. The van der Waals surface area contributed by atoms with E-state index in [1.54, 1.807) is 77.9 Å². The van der Waals surface area contributed by atoms with Crippen LogP contribution >= 0.6 is 0 Å². The van der Waals surface area contributed by atoms with Crippen LogP contribution in [0.15, 0.2) is 85.1 Å². The van der Waals surface area contributed by atoms with Gasteiger partial charge < -0.3 is 24.6 Å². The number of carboxylic acids is 1. The summed E-state index contributed by atoms with van der Waals surface area (Å²) in [7, 11) is 0. The van der Waals surface area contributed by atoms with Crippen molar-refractivity contribution < 1.29 is 38.5 Å². The summed E-state index contributed by atoms with van der Waals surface area (Å²) in [6, 6.07) is 22.3. The summed E-state index contributed by atoms with van der Waals surface area (Å²) in [6.45, 7) is 10.4. The third kappa shape index (κ3) is 10.8. The maximum absolute atomic E-state index is 13.2. The third-order valence-corrected chi connectivity index (χ3v) is 7.07. The van der Waals surface area contributed by atoms with Crippen molar-refractivity contribution in [2.24, 2.45) is 0 Å². The van der Waals surface area contributed by atoms with Gasteiger partial charge in [0, 0.05) is 23.7 Å². The number of hydrogen-bond donors (Lipinski definition) is 2. The number of benzene rings is 3. The zero-order valence-electron chi connectivity index (χ0n) is 28.7. The van der Waals surface area contributed by atoms with Gasteiger partial charge in [0.05, 0.1) is 0 Å². The molecule has 3 aromatic carbocycles. The number of esters is 1. The van der Waals surface area contributed by atoms with Gasteiger partial charge in [-0.1, -0.05) is 54.6 Å². The van der Waals surface area contributed by atoms with Crippen molar-refractivity contribution in [3.05, 3.63) is 102 Å². The number of rotatable bonds is 11. The number of ether oxygens (including phenoxy) is 3. The molecule has 0 aliphatic rings. The molecule has 11 heteroatoms. The van der Waals surface area contributed by atoms with Gasteiger partial charge in [0.15, 0.2) is 11.9 Å². The normalized spacial score (nSPS) is 12.1. The summed E-state index contributed by atoms with van der Waals surface area (Å²) in [5, 5.41) is 14.2. The summed E-state index contributed by atoms with van der Waals surface area (Å²) in [6.07, 6.45) is 1.07. The number of nitrogens with one attached hydrogen (secondary N) is 1. The first kappa shape index (κ1) is 36.4. The zero-order valence-corrected chi connectivity index (χ0v) is 28.7. The van der Waals surface area contributed by atoms with E-state index in [0.717, 1.165) is 16.0 Å². The van der Waals surface area contributed by atoms with Crippen LogP contribution in [0.4, 0.5) is 21.1 Å². The number of carbonyl (C=O) groups excluding carboxylic acids is 3. The number of anilines is 2. The molecule has 1 atom stereocenters. The highest BCUT2D eigenvalue weighted by molar-refractivity contribution is 6.14. The van der Waals surface area contributed by atoms with Gasteiger partial charge in [-0.25, -0.2) is 19.4 Å². The molecular weight excluding hydrogens is 626 g/mol. The van der Waals surface area contributed by atoms with E-state index >= 15 is 0 Å². The minimum Gasteiger partial charge on any atom is -0.479 e. The van der Waals surface area contributed by atoms with Gasteiger partial charge in [-0.3, -0.25) is 4.79 Å². The highest BCUT2D eigenvalue weighted by Crippen LogP contribution is 2.31. The van der Waals surface area contributed by atoms with E-state index in [4.69, 9.17) is 14.2 Å². The quantitative estimate of drug-likeness (QED) is 0.118. The maximum atomic E-state index is 13.2. The Morgan fingerprint density at radius 2 is 1.45 bits per heavy atom. The van der Waals surface area contributed by atoms with Crippen LogP contribution in [0.5, 0.6) is 0 Å². The van der Waals surface area contributed by atoms with Crippen molar-refractivity contribution >= 4 is 46.4 Å². The van der Waals surface area contributed by atoms with Gasteiger partial charge in [0.1, 0.15) is 17.8 Å². The highest BCUT2D eigenvalue weighted by Gasteiger charge is 2.34. The summed E-state index contributed by atoms with van der Waals surface area (Å²) < 4.78 is 16.3. The number of fused-ring (bicyclic) bond motifs is 1. The van der Waals surface area contributed by atoms with E-state index in [0.29, 0.717) is 34.9 Å². The Morgan fingerprint density at radius 3 is 2.04 bits per heavy atom. The van der Waals surface area contributed by atoms with Crippen LogP contribution < -0.4 is 10.2 Å². The second-order valence-corrected chi connectivity index (χ2v) is 13.5. The second kappa shape index (κ2) is 15.6. The Bertz CT molecular complexity index is 1750. The van der Waals surface area contributed by atoms with Gasteiger partial charge in [-0.2, -0.15) is 4.90 Å². The number of carbonyl (C=O) groups is 4. The fourth-order valence-corrected chi connectivity index (χ4v) is 4.87. The first-order valence-electron chi connectivity index (χ1n) is 16.0. The van der Waals surface area contributed by atoms with Crippen LogP contribution in [-0.4, -0.2) is 45.4 Å². The number of amides is 2. The average Bonchev–Trinajstić information content (AvgIpc) is 3.02. The minimum atomic E-state index is -1.08. The lowest BCUT2D eigenvalue weighted by Gasteiger charge is -2.28. The molecule has 4 aromatic rings. The summed E-state index contributed by atoms with van der Waals surface area (Å²) >= 11 is 0. The Labute approximate surface area is 286 Å². The van der Waals surface area contributed by atoms with Gasteiger partial charge in [-0.15, -0.1) is 0 Å². The fourth-order valence-electron chi connectivity index (χ4n) is 4.87. The lowest BCUT2D eigenvalue weighted by Crippen LogP contribution is -2.44. The number of nitrogens with zero attached hydrogens (tertiary/aromatic N) is 2. The molecule has 0 saturated carbocycles. The minimum absolute atomic E-state index is 0.0161. The summed E-state index contributed by atoms with van der Waals surface area (Å²) in [4.78, 5) is 56.0. The molecule has 0 fully saturated rings. The molecule has 1 heterocycles. The van der Waals surface area contributed by atoms with Crippen molar-refractivity contribution in [1.29, 1.82) is 0 Å². The number of aryl methyl sites for hydroxylation is 1. The molecule has 11 nitrogen and oxygen atoms in total. The number of aliphatic carboxylic acids is 1. The Hall–Kier alpha value is -5.45. The van der Waals surface area contributed by atoms with E-state index in [9.17, 15) is 24.3 Å². The topological polar surface area (TPSA) is 144 Å². The Morgan fingerprint density at radius 1 is 0.816 bits per heavy atom. The number of pyridine rings is 1. The lowest BCUT2D eigenvalue weighted by atomic mass is 10.0. The molecule has 0 aliphatic carbocycles. The van der Waals surface area contributed by atoms with Crippen LogP contribution in [0, 0.1) is 0 Å². The zero-order chi connectivity index (χ0) is 35.8. The number of carboxylic acid groups (broad SMARTS) is 1. The highest BCUT2D eigenvalue weighted by atomic mass is 16.6. The van der Waals surface area contributed by atoms with Crippen molar-refractivity contribution in [1.82, 2.24) is 4.98 Å². The van der Waals surface area contributed by atoms with E-state index < -0.39 is 35.4 Å². The number of imide groups is 1. The lowest BCUT2D eigenvalue weighted by molar-refractivity contribution is -0.145. The fraction of sp³-hybridized carbons (Fsp3) is 0.342. The van der Waals surface area contributed by atoms with Crippen LogP contribution in [0.25, 0.3) is 10.8 Å². The molecule has 2 amide bonds. The molecule has 1 aromatic heterocycles. The van der Waals surface area contributed by atoms with E-state index in [2.05, 4.69) is 10.3 Å². The molecule has 4 rings (SSSR count). The smallest absolute Gasteiger partial charge is 0.425 e. The number of aromatic nitrogens is 1. The van der Waals surface area contributed by atoms with E-state index in [1.807, 2.05) is 42.5 Å².